The van der Waals surface area contributed by atoms with Gasteiger partial charge >= 0.3 is 0 Å². The van der Waals surface area contributed by atoms with Crippen molar-refractivity contribution in [3.63, 3.8) is 0 Å². The molecule has 1 aliphatic rings. The van der Waals surface area contributed by atoms with Gasteiger partial charge in [0.05, 0.1) is 6.42 Å². The fourth-order valence-corrected chi connectivity index (χ4v) is 3.28. The lowest BCUT2D eigenvalue weighted by Crippen LogP contribution is -2.45. The highest BCUT2D eigenvalue weighted by atomic mass is 32.1. The molecule has 0 bridgehead atoms. The van der Waals surface area contributed by atoms with Gasteiger partial charge in [-0.2, -0.15) is 0 Å². The van der Waals surface area contributed by atoms with Gasteiger partial charge in [0.15, 0.2) is 0 Å². The minimum Gasteiger partial charge on any atom is -0.344 e. The second-order valence-electron chi connectivity index (χ2n) is 5.65. The maximum Gasteiger partial charge on any atom is 0.252 e. The summed E-state index contributed by atoms with van der Waals surface area (Å²) in [6.07, 6.45) is 0.709. The van der Waals surface area contributed by atoms with Gasteiger partial charge in [-0.25, -0.2) is 0 Å². The van der Waals surface area contributed by atoms with Crippen molar-refractivity contribution in [3.8, 4) is 0 Å². The van der Waals surface area contributed by atoms with Crippen molar-refractivity contribution in [2.24, 2.45) is 5.92 Å². The standard InChI is InChI=1S/C15H20N2O3S/c1-9(2)17-13(18)8-12(15(17)20)16-14(19)10(3)7-11-5-4-6-21-11/h4-6,9-10,12H,7-8H2,1-3H3,(H,16,19)/t10-,12+/m1/s1. The van der Waals surface area contributed by atoms with Crippen LogP contribution in [0.15, 0.2) is 17.5 Å². The number of amides is 3. The Balaban J connectivity index is 1.94. The molecular formula is C15H20N2O3S. The van der Waals surface area contributed by atoms with Crippen LogP contribution in [0.25, 0.3) is 0 Å². The maximum absolute atomic E-state index is 12.2. The van der Waals surface area contributed by atoms with E-state index >= 15 is 0 Å². The van der Waals surface area contributed by atoms with Gasteiger partial charge in [0.1, 0.15) is 6.04 Å². The first-order chi connectivity index (χ1) is 9.90. The fraction of sp³-hybridized carbons (Fsp3) is 0.533. The molecule has 2 rings (SSSR count). The topological polar surface area (TPSA) is 66.5 Å². The quantitative estimate of drug-likeness (QED) is 0.840. The van der Waals surface area contributed by atoms with Gasteiger partial charge in [-0.1, -0.05) is 13.0 Å². The molecule has 0 saturated carbocycles. The molecule has 1 fully saturated rings. The second-order valence-corrected chi connectivity index (χ2v) is 6.68. The number of carbonyl (C=O) groups is 3. The number of likely N-dealkylation sites (tertiary alicyclic amines) is 1. The molecule has 21 heavy (non-hydrogen) atoms. The van der Waals surface area contributed by atoms with Gasteiger partial charge in [-0.05, 0) is 31.7 Å². The fourth-order valence-electron chi connectivity index (χ4n) is 2.44. The third-order valence-electron chi connectivity index (χ3n) is 3.55. The van der Waals surface area contributed by atoms with Crippen molar-refractivity contribution in [2.45, 2.75) is 45.7 Å². The maximum atomic E-state index is 12.2. The van der Waals surface area contributed by atoms with E-state index in [1.165, 1.54) is 4.90 Å². The zero-order valence-electron chi connectivity index (χ0n) is 12.5. The Labute approximate surface area is 128 Å². The smallest absolute Gasteiger partial charge is 0.252 e. The van der Waals surface area contributed by atoms with Crippen LogP contribution in [0.2, 0.25) is 0 Å². The predicted molar refractivity (Wildman–Crippen MR) is 80.7 cm³/mol. The SMILES string of the molecule is CC(C)N1C(=O)C[C@H](NC(=O)[C@H](C)Cc2cccs2)C1=O. The van der Waals surface area contributed by atoms with Crippen LogP contribution in [-0.2, 0) is 20.8 Å². The molecule has 0 radical (unpaired) electrons. The lowest BCUT2D eigenvalue weighted by atomic mass is 10.1. The summed E-state index contributed by atoms with van der Waals surface area (Å²) in [6, 6.07) is 3.05. The number of rotatable bonds is 5. The van der Waals surface area contributed by atoms with Crippen molar-refractivity contribution >= 4 is 29.1 Å². The lowest BCUT2D eigenvalue weighted by Gasteiger charge is -2.20. The number of hydrogen-bond donors (Lipinski definition) is 1. The van der Waals surface area contributed by atoms with E-state index in [9.17, 15) is 14.4 Å². The summed E-state index contributed by atoms with van der Waals surface area (Å²) in [5.41, 5.74) is 0. The number of thiophene rings is 1. The zero-order valence-corrected chi connectivity index (χ0v) is 13.3. The average Bonchev–Trinajstić information content (AvgIpc) is 2.98. The van der Waals surface area contributed by atoms with Gasteiger partial charge in [-0.3, -0.25) is 19.3 Å². The van der Waals surface area contributed by atoms with E-state index in [0.29, 0.717) is 6.42 Å². The van der Waals surface area contributed by atoms with Gasteiger partial charge in [0.25, 0.3) is 5.91 Å². The van der Waals surface area contributed by atoms with Crippen LogP contribution in [0.1, 0.15) is 32.1 Å². The van der Waals surface area contributed by atoms with Gasteiger partial charge in [0, 0.05) is 16.8 Å². The summed E-state index contributed by atoms with van der Waals surface area (Å²) in [6.45, 7) is 5.41. The van der Waals surface area contributed by atoms with Crippen LogP contribution in [0.4, 0.5) is 0 Å². The summed E-state index contributed by atoms with van der Waals surface area (Å²) >= 11 is 1.61. The Morgan fingerprint density at radius 2 is 2.14 bits per heavy atom. The number of nitrogens with one attached hydrogen (secondary N) is 1. The molecule has 2 heterocycles. The van der Waals surface area contributed by atoms with Crippen LogP contribution in [0.5, 0.6) is 0 Å². The zero-order chi connectivity index (χ0) is 15.6. The molecular weight excluding hydrogens is 288 g/mol. The molecule has 1 aromatic rings. The highest BCUT2D eigenvalue weighted by molar-refractivity contribution is 7.09. The first kappa shape index (κ1) is 15.7. The molecule has 1 aliphatic heterocycles. The first-order valence-electron chi connectivity index (χ1n) is 7.08. The van der Waals surface area contributed by atoms with Crippen LogP contribution in [-0.4, -0.2) is 34.7 Å². The van der Waals surface area contributed by atoms with E-state index in [-0.39, 0.29) is 36.1 Å². The normalized spacial score (nSPS) is 20.2. The van der Waals surface area contributed by atoms with Crippen molar-refractivity contribution in [3.05, 3.63) is 22.4 Å². The van der Waals surface area contributed by atoms with Crippen LogP contribution in [0.3, 0.4) is 0 Å². The molecule has 5 nitrogen and oxygen atoms in total. The Morgan fingerprint density at radius 1 is 1.43 bits per heavy atom. The second kappa shape index (κ2) is 6.39. The summed E-state index contributed by atoms with van der Waals surface area (Å²) < 4.78 is 0. The lowest BCUT2D eigenvalue weighted by molar-refractivity contribution is -0.141. The highest BCUT2D eigenvalue weighted by Crippen LogP contribution is 2.18. The van der Waals surface area contributed by atoms with E-state index in [1.807, 2.05) is 24.4 Å². The summed E-state index contributed by atoms with van der Waals surface area (Å²) in [5.74, 6) is -0.919. The molecule has 1 aromatic heterocycles. The van der Waals surface area contributed by atoms with E-state index < -0.39 is 6.04 Å². The van der Waals surface area contributed by atoms with Gasteiger partial charge < -0.3 is 5.32 Å². The summed E-state index contributed by atoms with van der Waals surface area (Å²) in [7, 11) is 0. The van der Waals surface area contributed by atoms with Crippen molar-refractivity contribution < 1.29 is 14.4 Å². The first-order valence-corrected chi connectivity index (χ1v) is 7.96. The monoisotopic (exact) mass is 308 g/mol. The summed E-state index contributed by atoms with van der Waals surface area (Å²) in [5, 5.41) is 4.68. The molecule has 2 atom stereocenters. The highest BCUT2D eigenvalue weighted by Gasteiger charge is 2.40. The van der Waals surface area contributed by atoms with Gasteiger partial charge in [-0.15, -0.1) is 11.3 Å². The molecule has 0 aliphatic carbocycles. The average molecular weight is 308 g/mol. The largest absolute Gasteiger partial charge is 0.344 e. The number of nitrogens with zero attached hydrogens (tertiary/aromatic N) is 1. The van der Waals surface area contributed by atoms with E-state index in [0.717, 1.165) is 4.88 Å². The number of carbonyl (C=O) groups excluding carboxylic acids is 3. The third kappa shape index (κ3) is 3.50. The Kier molecular flexibility index (Phi) is 4.77. The number of imide groups is 1. The molecule has 3 amide bonds. The van der Waals surface area contributed by atoms with Crippen LogP contribution in [0, 0.1) is 5.92 Å². The molecule has 114 valence electrons. The molecule has 1 saturated heterocycles. The molecule has 0 spiro atoms. The molecule has 0 unspecified atom stereocenters. The summed E-state index contributed by atoms with van der Waals surface area (Å²) in [4.78, 5) is 38.5. The Hall–Kier alpha value is -1.69. The predicted octanol–water partition coefficient (Wildman–Crippen LogP) is 1.58. The van der Waals surface area contributed by atoms with Crippen LogP contribution < -0.4 is 5.32 Å². The van der Waals surface area contributed by atoms with E-state index in [4.69, 9.17) is 0 Å². The molecule has 6 heteroatoms. The number of hydrogen-bond acceptors (Lipinski definition) is 4. The van der Waals surface area contributed by atoms with E-state index in [1.54, 1.807) is 25.2 Å². The Morgan fingerprint density at radius 3 is 2.67 bits per heavy atom. The minimum atomic E-state index is -0.710. The minimum absolute atomic E-state index is 0.0640. The Bertz CT molecular complexity index is 539. The van der Waals surface area contributed by atoms with Crippen molar-refractivity contribution in [1.29, 1.82) is 0 Å². The van der Waals surface area contributed by atoms with Crippen LogP contribution >= 0.6 is 11.3 Å². The third-order valence-corrected chi connectivity index (χ3v) is 4.45. The van der Waals surface area contributed by atoms with Crippen molar-refractivity contribution in [2.75, 3.05) is 0 Å². The van der Waals surface area contributed by atoms with E-state index in [2.05, 4.69) is 5.32 Å². The van der Waals surface area contributed by atoms with Gasteiger partial charge in [0.2, 0.25) is 11.8 Å². The van der Waals surface area contributed by atoms with Crippen molar-refractivity contribution in [1.82, 2.24) is 10.2 Å². The molecule has 1 N–H and O–H groups in total. The molecule has 0 aromatic carbocycles.